The summed E-state index contributed by atoms with van der Waals surface area (Å²) in [4.78, 5) is 19.2. The van der Waals surface area contributed by atoms with Crippen LogP contribution in [0.3, 0.4) is 0 Å². The van der Waals surface area contributed by atoms with Crippen LogP contribution >= 0.6 is 11.6 Å². The molecule has 9 heteroatoms. The molecule has 0 spiro atoms. The smallest absolute Gasteiger partial charge is 0.334 e. The quantitative estimate of drug-likeness (QED) is 0.887. The van der Waals surface area contributed by atoms with Gasteiger partial charge < -0.3 is 9.88 Å². The van der Waals surface area contributed by atoms with E-state index < -0.39 is 18.6 Å². The molecule has 0 aliphatic carbocycles. The first-order valence-electron chi connectivity index (χ1n) is 5.37. The van der Waals surface area contributed by atoms with Crippen LogP contribution in [0.2, 0.25) is 5.28 Å². The lowest BCUT2D eigenvalue weighted by molar-refractivity contribution is -0.140. The first-order valence-corrected chi connectivity index (χ1v) is 5.75. The second-order valence-electron chi connectivity index (χ2n) is 3.80. The Kier molecular flexibility index (Phi) is 3.93. The largest absolute Gasteiger partial charge is 0.406 e. The number of nitrogens with one attached hydrogen (secondary N) is 1. The average Bonchev–Trinajstić information content (AvgIpc) is 2.74. The average molecular weight is 305 g/mol. The number of hydrogen-bond donors (Lipinski definition) is 1. The van der Waals surface area contributed by atoms with Gasteiger partial charge in [0.2, 0.25) is 5.28 Å². The van der Waals surface area contributed by atoms with Crippen molar-refractivity contribution >= 4 is 23.3 Å². The zero-order chi connectivity index (χ0) is 14.8. The van der Waals surface area contributed by atoms with E-state index in [0.717, 1.165) is 4.57 Å². The minimum Gasteiger partial charge on any atom is -0.334 e. The molecule has 0 saturated heterocycles. The van der Waals surface area contributed by atoms with Gasteiger partial charge in [0.05, 0.1) is 0 Å². The molecule has 2 rings (SSSR count). The third-order valence-corrected chi connectivity index (χ3v) is 2.46. The molecule has 1 N–H and O–H groups in total. The zero-order valence-corrected chi connectivity index (χ0v) is 10.6. The van der Waals surface area contributed by atoms with Crippen LogP contribution in [0.5, 0.6) is 0 Å². The van der Waals surface area contributed by atoms with Crippen LogP contribution in [0.15, 0.2) is 30.6 Å². The van der Waals surface area contributed by atoms with E-state index in [-0.39, 0.29) is 16.8 Å². The molecular weight excluding hydrogens is 297 g/mol. The Bertz CT molecular complexity index is 626. The molecule has 0 atom stereocenters. The number of carbonyl (C=O) groups excluding carboxylic acids is 1. The highest BCUT2D eigenvalue weighted by molar-refractivity contribution is 6.28. The van der Waals surface area contributed by atoms with Gasteiger partial charge in [-0.25, -0.2) is 9.97 Å². The number of hydrogen-bond acceptors (Lipinski definition) is 3. The molecule has 0 radical (unpaired) electrons. The summed E-state index contributed by atoms with van der Waals surface area (Å²) in [6, 6.07) is 4.01. The molecule has 0 fully saturated rings. The lowest BCUT2D eigenvalue weighted by Gasteiger charge is -2.11. The number of alkyl halides is 3. The fourth-order valence-electron chi connectivity index (χ4n) is 1.54. The van der Waals surface area contributed by atoms with Gasteiger partial charge in [-0.2, -0.15) is 13.2 Å². The Labute approximate surface area is 116 Å². The van der Waals surface area contributed by atoms with Crippen LogP contribution in [0, 0.1) is 0 Å². The van der Waals surface area contributed by atoms with Crippen LogP contribution in [-0.2, 0) is 6.54 Å². The van der Waals surface area contributed by atoms with E-state index in [1.165, 1.54) is 30.6 Å². The maximum Gasteiger partial charge on any atom is 0.406 e. The highest BCUT2D eigenvalue weighted by Gasteiger charge is 2.29. The zero-order valence-electron chi connectivity index (χ0n) is 9.86. The summed E-state index contributed by atoms with van der Waals surface area (Å²) in [6.07, 6.45) is -1.92. The Morgan fingerprint density at radius 3 is 2.80 bits per heavy atom. The number of halogens is 4. The molecule has 2 heterocycles. The van der Waals surface area contributed by atoms with Gasteiger partial charge in [0, 0.05) is 12.4 Å². The Morgan fingerprint density at radius 1 is 1.40 bits per heavy atom. The van der Waals surface area contributed by atoms with Crippen molar-refractivity contribution in [2.45, 2.75) is 12.7 Å². The summed E-state index contributed by atoms with van der Waals surface area (Å²) >= 11 is 5.54. The van der Waals surface area contributed by atoms with E-state index in [4.69, 9.17) is 11.6 Å². The van der Waals surface area contributed by atoms with Gasteiger partial charge in [0.1, 0.15) is 18.1 Å². The fraction of sp³-hybridized carbons (Fsp3) is 0.182. The topological polar surface area (TPSA) is 59.8 Å². The highest BCUT2D eigenvalue weighted by atomic mass is 35.5. The second kappa shape index (κ2) is 5.49. The second-order valence-corrected chi connectivity index (χ2v) is 4.14. The fourth-order valence-corrected chi connectivity index (χ4v) is 1.68. The molecule has 0 aromatic carbocycles. The molecule has 0 saturated carbocycles. The maximum atomic E-state index is 12.4. The van der Waals surface area contributed by atoms with E-state index in [1.54, 1.807) is 0 Å². The predicted molar refractivity (Wildman–Crippen MR) is 65.5 cm³/mol. The molecule has 2 aromatic heterocycles. The SMILES string of the molecule is O=C(Nc1ccnc(Cl)n1)c1cccn1CC(F)(F)F. The van der Waals surface area contributed by atoms with Crippen molar-refractivity contribution in [1.29, 1.82) is 0 Å². The lowest BCUT2D eigenvalue weighted by Crippen LogP contribution is -2.23. The summed E-state index contributed by atoms with van der Waals surface area (Å²) in [7, 11) is 0. The Balaban J connectivity index is 2.16. The van der Waals surface area contributed by atoms with Gasteiger partial charge >= 0.3 is 6.18 Å². The van der Waals surface area contributed by atoms with E-state index in [9.17, 15) is 18.0 Å². The summed E-state index contributed by atoms with van der Waals surface area (Å²) in [6.45, 7) is -1.24. The van der Waals surface area contributed by atoms with E-state index in [2.05, 4.69) is 15.3 Å². The summed E-state index contributed by atoms with van der Waals surface area (Å²) in [5, 5.41) is 2.27. The van der Waals surface area contributed by atoms with Crippen LogP contribution in [-0.4, -0.2) is 26.6 Å². The Morgan fingerprint density at radius 2 is 2.15 bits per heavy atom. The molecule has 0 unspecified atom stereocenters. The monoisotopic (exact) mass is 304 g/mol. The van der Waals surface area contributed by atoms with Crippen LogP contribution < -0.4 is 5.32 Å². The summed E-state index contributed by atoms with van der Waals surface area (Å²) in [5.74, 6) is -0.608. The number of carbonyl (C=O) groups is 1. The van der Waals surface area contributed by atoms with Gasteiger partial charge in [0.15, 0.2) is 0 Å². The number of rotatable bonds is 3. The number of aromatic nitrogens is 3. The first kappa shape index (κ1) is 14.3. The maximum absolute atomic E-state index is 12.4. The standard InChI is InChI=1S/C11H8ClF3N4O/c12-10-16-4-3-8(18-10)17-9(20)7-2-1-5-19(7)6-11(13,14)15/h1-5H,6H2,(H,16,17,18,20). The molecule has 20 heavy (non-hydrogen) atoms. The van der Waals surface area contributed by atoms with Crippen molar-refractivity contribution < 1.29 is 18.0 Å². The van der Waals surface area contributed by atoms with E-state index in [1.807, 2.05) is 0 Å². The molecule has 0 bridgehead atoms. The molecule has 5 nitrogen and oxygen atoms in total. The van der Waals surface area contributed by atoms with Gasteiger partial charge in [-0.05, 0) is 29.8 Å². The van der Waals surface area contributed by atoms with E-state index in [0.29, 0.717) is 0 Å². The predicted octanol–water partition coefficient (Wildman–Crippen LogP) is 2.75. The van der Waals surface area contributed by atoms with Crippen LogP contribution in [0.1, 0.15) is 10.5 Å². The van der Waals surface area contributed by atoms with Crippen molar-refractivity contribution in [3.8, 4) is 0 Å². The van der Waals surface area contributed by atoms with Crippen molar-refractivity contribution in [2.24, 2.45) is 0 Å². The van der Waals surface area contributed by atoms with Crippen molar-refractivity contribution in [2.75, 3.05) is 5.32 Å². The normalized spacial score (nSPS) is 11.4. The minimum atomic E-state index is -4.41. The van der Waals surface area contributed by atoms with E-state index >= 15 is 0 Å². The number of anilines is 1. The van der Waals surface area contributed by atoms with Crippen molar-refractivity contribution in [3.63, 3.8) is 0 Å². The van der Waals surface area contributed by atoms with Gasteiger partial charge in [0.25, 0.3) is 5.91 Å². The Hall–Kier alpha value is -2.09. The molecule has 0 aliphatic rings. The summed E-state index contributed by atoms with van der Waals surface area (Å²) < 4.78 is 37.9. The lowest BCUT2D eigenvalue weighted by atomic mass is 10.4. The number of nitrogens with zero attached hydrogens (tertiary/aromatic N) is 3. The van der Waals surface area contributed by atoms with Gasteiger partial charge in [-0.3, -0.25) is 4.79 Å². The van der Waals surface area contributed by atoms with Gasteiger partial charge in [-0.15, -0.1) is 0 Å². The highest BCUT2D eigenvalue weighted by Crippen LogP contribution is 2.19. The third-order valence-electron chi connectivity index (χ3n) is 2.28. The molecule has 106 valence electrons. The first-order chi connectivity index (χ1) is 9.35. The third kappa shape index (κ3) is 3.70. The molecular formula is C11H8ClF3N4O. The van der Waals surface area contributed by atoms with Crippen LogP contribution in [0.25, 0.3) is 0 Å². The molecule has 2 aromatic rings. The van der Waals surface area contributed by atoms with Gasteiger partial charge in [-0.1, -0.05) is 0 Å². The van der Waals surface area contributed by atoms with Crippen molar-refractivity contribution in [1.82, 2.24) is 14.5 Å². The van der Waals surface area contributed by atoms with Crippen molar-refractivity contribution in [3.05, 3.63) is 41.6 Å². The van der Waals surface area contributed by atoms with Crippen LogP contribution in [0.4, 0.5) is 19.0 Å². The number of amides is 1. The molecule has 1 amide bonds. The molecule has 0 aliphatic heterocycles. The summed E-state index contributed by atoms with van der Waals surface area (Å²) in [5.41, 5.74) is -0.128. The minimum absolute atomic E-state index is 0.0755.